The molecule has 1 heterocycles. The second kappa shape index (κ2) is 4.89. The van der Waals surface area contributed by atoms with Gasteiger partial charge in [-0.15, -0.1) is 0 Å². The van der Waals surface area contributed by atoms with E-state index < -0.39 is 0 Å². The second-order valence-electron chi connectivity index (χ2n) is 6.59. The maximum absolute atomic E-state index is 6.22. The molecule has 2 heteroatoms. The van der Waals surface area contributed by atoms with Gasteiger partial charge in [-0.2, -0.15) is 0 Å². The van der Waals surface area contributed by atoms with Crippen molar-refractivity contribution in [3.8, 4) is 0 Å². The normalized spacial score (nSPS) is 45.9. The van der Waals surface area contributed by atoms with Gasteiger partial charge in [0.25, 0.3) is 0 Å². The van der Waals surface area contributed by atoms with E-state index in [1.807, 2.05) is 0 Å². The third kappa shape index (κ3) is 3.03. The van der Waals surface area contributed by atoms with Gasteiger partial charge in [-0.1, -0.05) is 27.2 Å². The standard InChI is InChI=1S/C15H28O2/c1-5-12-7-8-14(3,6-2)13(9-12)16-10-15(4)11-17-15/h12-13H,5-11H2,1-4H3. The summed E-state index contributed by atoms with van der Waals surface area (Å²) in [4.78, 5) is 0. The number of ether oxygens (including phenoxy) is 2. The SMILES string of the molecule is CCC1CCC(C)(CC)C(OCC2(C)CO2)C1. The molecule has 2 nitrogen and oxygen atoms in total. The predicted octanol–water partition coefficient (Wildman–Crippen LogP) is 3.79. The van der Waals surface area contributed by atoms with E-state index in [1.165, 1.54) is 32.1 Å². The van der Waals surface area contributed by atoms with Crippen LogP contribution in [0.5, 0.6) is 0 Å². The highest BCUT2D eigenvalue weighted by molar-refractivity contribution is 4.92. The molecule has 0 radical (unpaired) electrons. The van der Waals surface area contributed by atoms with Crippen LogP contribution in [-0.4, -0.2) is 24.9 Å². The molecule has 0 amide bonds. The molecular weight excluding hydrogens is 212 g/mol. The third-order valence-electron chi connectivity index (χ3n) is 5.06. The first kappa shape index (κ1) is 13.4. The van der Waals surface area contributed by atoms with E-state index in [0.717, 1.165) is 19.1 Å². The van der Waals surface area contributed by atoms with Gasteiger partial charge < -0.3 is 9.47 Å². The molecule has 2 fully saturated rings. The van der Waals surface area contributed by atoms with E-state index in [0.29, 0.717) is 11.5 Å². The zero-order valence-corrected chi connectivity index (χ0v) is 11.9. The molecule has 1 aliphatic heterocycles. The molecule has 4 atom stereocenters. The molecule has 1 saturated heterocycles. The van der Waals surface area contributed by atoms with Crippen LogP contribution in [0.3, 0.4) is 0 Å². The highest BCUT2D eigenvalue weighted by Crippen LogP contribution is 2.44. The van der Waals surface area contributed by atoms with Crippen LogP contribution in [0.2, 0.25) is 0 Å². The van der Waals surface area contributed by atoms with Crippen molar-refractivity contribution in [1.82, 2.24) is 0 Å². The maximum Gasteiger partial charge on any atom is 0.112 e. The average Bonchev–Trinajstić information content (AvgIpc) is 3.07. The lowest BCUT2D eigenvalue weighted by Gasteiger charge is -2.44. The first-order valence-corrected chi connectivity index (χ1v) is 7.27. The fourth-order valence-electron chi connectivity index (χ4n) is 2.93. The quantitative estimate of drug-likeness (QED) is 0.682. The summed E-state index contributed by atoms with van der Waals surface area (Å²) in [6, 6.07) is 0. The molecular formula is C15H28O2. The smallest absolute Gasteiger partial charge is 0.112 e. The second-order valence-corrected chi connectivity index (χ2v) is 6.59. The molecule has 1 saturated carbocycles. The van der Waals surface area contributed by atoms with Crippen molar-refractivity contribution in [3.05, 3.63) is 0 Å². The molecule has 0 spiro atoms. The van der Waals surface area contributed by atoms with E-state index in [9.17, 15) is 0 Å². The van der Waals surface area contributed by atoms with Gasteiger partial charge in [0.1, 0.15) is 5.60 Å². The zero-order valence-electron chi connectivity index (χ0n) is 11.9. The first-order chi connectivity index (χ1) is 8.01. The number of hydrogen-bond donors (Lipinski definition) is 0. The Hall–Kier alpha value is -0.0800. The molecule has 2 rings (SSSR count). The van der Waals surface area contributed by atoms with E-state index in [1.54, 1.807) is 0 Å². The van der Waals surface area contributed by atoms with Gasteiger partial charge in [-0.3, -0.25) is 0 Å². The van der Waals surface area contributed by atoms with Crippen molar-refractivity contribution >= 4 is 0 Å². The summed E-state index contributed by atoms with van der Waals surface area (Å²) in [6.07, 6.45) is 6.92. The lowest BCUT2D eigenvalue weighted by molar-refractivity contribution is -0.0875. The Kier molecular flexibility index (Phi) is 3.84. The molecule has 0 bridgehead atoms. The first-order valence-electron chi connectivity index (χ1n) is 7.27. The summed E-state index contributed by atoms with van der Waals surface area (Å²) in [5, 5.41) is 0. The summed E-state index contributed by atoms with van der Waals surface area (Å²) in [7, 11) is 0. The number of rotatable bonds is 5. The van der Waals surface area contributed by atoms with Gasteiger partial charge in [0.05, 0.1) is 19.3 Å². The van der Waals surface area contributed by atoms with Crippen molar-refractivity contribution in [2.75, 3.05) is 13.2 Å². The van der Waals surface area contributed by atoms with Gasteiger partial charge in [-0.05, 0) is 43.9 Å². The van der Waals surface area contributed by atoms with Crippen LogP contribution in [0.25, 0.3) is 0 Å². The molecule has 17 heavy (non-hydrogen) atoms. The van der Waals surface area contributed by atoms with Crippen molar-refractivity contribution in [3.63, 3.8) is 0 Å². The van der Waals surface area contributed by atoms with Crippen LogP contribution in [0.15, 0.2) is 0 Å². The summed E-state index contributed by atoms with van der Waals surface area (Å²) in [5.74, 6) is 0.868. The summed E-state index contributed by atoms with van der Waals surface area (Å²) >= 11 is 0. The Morgan fingerprint density at radius 2 is 2.00 bits per heavy atom. The van der Waals surface area contributed by atoms with Crippen LogP contribution in [0.1, 0.15) is 59.8 Å². The minimum Gasteiger partial charge on any atom is -0.375 e. The van der Waals surface area contributed by atoms with E-state index in [2.05, 4.69) is 27.7 Å². The zero-order chi connectivity index (χ0) is 12.5. The molecule has 0 aromatic rings. The lowest BCUT2D eigenvalue weighted by atomic mass is 9.67. The summed E-state index contributed by atoms with van der Waals surface area (Å²) in [6.45, 7) is 10.8. The Morgan fingerprint density at radius 1 is 1.29 bits per heavy atom. The van der Waals surface area contributed by atoms with Crippen molar-refractivity contribution in [2.24, 2.45) is 11.3 Å². The van der Waals surface area contributed by atoms with Gasteiger partial charge in [0.15, 0.2) is 0 Å². The molecule has 4 unspecified atom stereocenters. The highest BCUT2D eigenvalue weighted by atomic mass is 16.6. The average molecular weight is 240 g/mol. The molecule has 0 aromatic carbocycles. The number of hydrogen-bond acceptors (Lipinski definition) is 2. The lowest BCUT2D eigenvalue weighted by Crippen LogP contribution is -2.41. The third-order valence-corrected chi connectivity index (χ3v) is 5.06. The minimum absolute atomic E-state index is 0.0355. The summed E-state index contributed by atoms with van der Waals surface area (Å²) in [5.41, 5.74) is 0.421. The predicted molar refractivity (Wildman–Crippen MR) is 70.1 cm³/mol. The Balaban J connectivity index is 1.92. The van der Waals surface area contributed by atoms with E-state index >= 15 is 0 Å². The van der Waals surface area contributed by atoms with Gasteiger partial charge in [0.2, 0.25) is 0 Å². The van der Waals surface area contributed by atoms with Crippen molar-refractivity contribution < 1.29 is 9.47 Å². The fourth-order valence-corrected chi connectivity index (χ4v) is 2.93. The minimum atomic E-state index is 0.0355. The molecule has 0 N–H and O–H groups in total. The Morgan fingerprint density at radius 3 is 2.53 bits per heavy atom. The topological polar surface area (TPSA) is 21.8 Å². The Bertz CT molecular complexity index is 260. The molecule has 0 aromatic heterocycles. The monoisotopic (exact) mass is 240 g/mol. The summed E-state index contributed by atoms with van der Waals surface area (Å²) < 4.78 is 11.6. The molecule has 100 valence electrons. The largest absolute Gasteiger partial charge is 0.375 e. The fraction of sp³-hybridized carbons (Fsp3) is 1.00. The van der Waals surface area contributed by atoms with Gasteiger partial charge >= 0.3 is 0 Å². The van der Waals surface area contributed by atoms with Crippen LogP contribution in [0, 0.1) is 11.3 Å². The Labute approximate surface area is 106 Å². The van der Waals surface area contributed by atoms with Crippen molar-refractivity contribution in [2.45, 2.75) is 71.5 Å². The van der Waals surface area contributed by atoms with Gasteiger partial charge in [0, 0.05) is 0 Å². The van der Waals surface area contributed by atoms with Crippen molar-refractivity contribution in [1.29, 1.82) is 0 Å². The molecule has 1 aliphatic carbocycles. The van der Waals surface area contributed by atoms with E-state index in [-0.39, 0.29) is 5.60 Å². The highest BCUT2D eigenvalue weighted by Gasteiger charge is 2.44. The van der Waals surface area contributed by atoms with E-state index in [4.69, 9.17) is 9.47 Å². The van der Waals surface area contributed by atoms with Gasteiger partial charge in [-0.25, -0.2) is 0 Å². The van der Waals surface area contributed by atoms with Crippen LogP contribution < -0.4 is 0 Å². The van der Waals surface area contributed by atoms with Crippen LogP contribution >= 0.6 is 0 Å². The molecule has 2 aliphatic rings. The maximum atomic E-state index is 6.22. The van der Waals surface area contributed by atoms with Crippen LogP contribution in [-0.2, 0) is 9.47 Å². The number of epoxide rings is 1. The van der Waals surface area contributed by atoms with Crippen LogP contribution in [0.4, 0.5) is 0 Å².